The van der Waals surface area contributed by atoms with E-state index < -0.39 is 39.1 Å². The highest BCUT2D eigenvalue weighted by atomic mass is 16.6. The molecular weight excluding hydrogens is 274 g/mol. The first-order valence-corrected chi connectivity index (χ1v) is 5.12. The standard InChI is InChI=1S/C11H7NO8/c1-19-6-3-4-2-5(10(14)15)11(16)20-9(4)7(8(6)13)12(17)18/h2-3,13H,1H3,(H,14,15). The summed E-state index contributed by atoms with van der Waals surface area (Å²) in [5.74, 6) is -2.58. The normalized spacial score (nSPS) is 10.4. The Morgan fingerprint density at radius 3 is 2.60 bits per heavy atom. The zero-order chi connectivity index (χ0) is 15.0. The van der Waals surface area contributed by atoms with E-state index in [9.17, 15) is 24.8 Å². The number of carbonyl (C=O) groups is 1. The fourth-order valence-corrected chi connectivity index (χ4v) is 1.69. The second-order valence-corrected chi connectivity index (χ2v) is 3.70. The van der Waals surface area contributed by atoms with Gasteiger partial charge in [-0.1, -0.05) is 0 Å². The molecule has 0 fully saturated rings. The molecule has 0 spiro atoms. The molecule has 0 amide bonds. The Hall–Kier alpha value is -3.10. The van der Waals surface area contributed by atoms with Crippen LogP contribution in [0.15, 0.2) is 21.3 Å². The number of rotatable bonds is 3. The van der Waals surface area contributed by atoms with E-state index in [0.717, 1.165) is 12.1 Å². The van der Waals surface area contributed by atoms with Gasteiger partial charge in [0.25, 0.3) is 0 Å². The van der Waals surface area contributed by atoms with Crippen LogP contribution < -0.4 is 10.4 Å². The van der Waals surface area contributed by atoms with E-state index in [-0.39, 0.29) is 11.1 Å². The summed E-state index contributed by atoms with van der Waals surface area (Å²) < 4.78 is 9.39. The highest BCUT2D eigenvalue weighted by molar-refractivity contribution is 5.96. The van der Waals surface area contributed by atoms with Gasteiger partial charge in [-0.05, 0) is 12.1 Å². The molecule has 9 nitrogen and oxygen atoms in total. The zero-order valence-corrected chi connectivity index (χ0v) is 9.95. The number of nitro benzene ring substituents is 1. The van der Waals surface area contributed by atoms with Crippen molar-refractivity contribution in [3.8, 4) is 11.5 Å². The van der Waals surface area contributed by atoms with E-state index >= 15 is 0 Å². The van der Waals surface area contributed by atoms with Gasteiger partial charge in [0.1, 0.15) is 5.56 Å². The van der Waals surface area contributed by atoms with Gasteiger partial charge in [-0.2, -0.15) is 0 Å². The number of nitro groups is 1. The van der Waals surface area contributed by atoms with Crippen LogP contribution in [0.3, 0.4) is 0 Å². The number of ether oxygens (including phenoxy) is 1. The van der Waals surface area contributed by atoms with E-state index in [4.69, 9.17) is 9.84 Å². The molecule has 1 aromatic carbocycles. The monoisotopic (exact) mass is 281 g/mol. The first-order chi connectivity index (χ1) is 9.36. The highest BCUT2D eigenvalue weighted by Gasteiger charge is 2.27. The van der Waals surface area contributed by atoms with Crippen molar-refractivity contribution in [2.45, 2.75) is 0 Å². The van der Waals surface area contributed by atoms with Crippen LogP contribution in [0.25, 0.3) is 11.0 Å². The van der Waals surface area contributed by atoms with E-state index in [0.29, 0.717) is 0 Å². The van der Waals surface area contributed by atoms with Crippen molar-refractivity contribution < 1.29 is 29.1 Å². The Morgan fingerprint density at radius 1 is 1.45 bits per heavy atom. The summed E-state index contributed by atoms with van der Waals surface area (Å²) in [6, 6.07) is 2.05. The fourth-order valence-electron chi connectivity index (χ4n) is 1.69. The fraction of sp³-hybridized carbons (Fsp3) is 0.0909. The Labute approximate surface area is 109 Å². The maximum absolute atomic E-state index is 11.4. The lowest BCUT2D eigenvalue weighted by Gasteiger charge is -2.06. The predicted octanol–water partition coefficient (Wildman–Crippen LogP) is 1.11. The number of benzene rings is 1. The average molecular weight is 281 g/mol. The molecule has 0 bridgehead atoms. The third-order valence-corrected chi connectivity index (χ3v) is 2.57. The summed E-state index contributed by atoms with van der Waals surface area (Å²) >= 11 is 0. The average Bonchev–Trinajstić information content (AvgIpc) is 2.36. The van der Waals surface area contributed by atoms with Crippen LogP contribution in [0.4, 0.5) is 5.69 Å². The number of hydrogen-bond acceptors (Lipinski definition) is 7. The lowest BCUT2D eigenvalue weighted by molar-refractivity contribution is -0.384. The van der Waals surface area contributed by atoms with Crippen LogP contribution in [0.2, 0.25) is 0 Å². The van der Waals surface area contributed by atoms with Gasteiger partial charge >= 0.3 is 17.3 Å². The molecular formula is C11H7NO8. The second-order valence-electron chi connectivity index (χ2n) is 3.70. The van der Waals surface area contributed by atoms with Crippen molar-refractivity contribution in [1.82, 2.24) is 0 Å². The van der Waals surface area contributed by atoms with E-state index in [1.807, 2.05) is 0 Å². The molecule has 0 aliphatic carbocycles. The second kappa shape index (κ2) is 4.53. The Balaban J connectivity index is 2.98. The van der Waals surface area contributed by atoms with Gasteiger partial charge < -0.3 is 19.4 Å². The van der Waals surface area contributed by atoms with Gasteiger partial charge in [-0.3, -0.25) is 10.1 Å². The predicted molar refractivity (Wildman–Crippen MR) is 64.3 cm³/mol. The topological polar surface area (TPSA) is 140 Å². The molecule has 0 radical (unpaired) electrons. The summed E-state index contributed by atoms with van der Waals surface area (Å²) in [5.41, 5.74) is -3.33. The Morgan fingerprint density at radius 2 is 2.10 bits per heavy atom. The molecule has 0 aliphatic rings. The molecule has 0 saturated carbocycles. The molecule has 20 heavy (non-hydrogen) atoms. The SMILES string of the molecule is COc1cc2cc(C(=O)O)c(=O)oc2c([N+](=O)[O-])c1O. The number of carboxylic acids is 1. The number of fused-ring (bicyclic) bond motifs is 1. The van der Waals surface area contributed by atoms with Gasteiger partial charge in [-0.25, -0.2) is 9.59 Å². The minimum atomic E-state index is -1.53. The number of aromatic carboxylic acids is 1. The van der Waals surface area contributed by atoms with Crippen LogP contribution in [0.5, 0.6) is 11.5 Å². The number of methoxy groups -OCH3 is 1. The summed E-state index contributed by atoms with van der Waals surface area (Å²) in [6.07, 6.45) is 0. The van der Waals surface area contributed by atoms with Crippen LogP contribution in [-0.4, -0.2) is 28.2 Å². The largest absolute Gasteiger partial charge is 0.499 e. The van der Waals surface area contributed by atoms with Crippen molar-refractivity contribution in [3.05, 3.63) is 38.2 Å². The van der Waals surface area contributed by atoms with Crippen LogP contribution in [0, 0.1) is 10.1 Å². The maximum atomic E-state index is 11.4. The number of carboxylic acid groups (broad SMARTS) is 1. The van der Waals surface area contributed by atoms with E-state index in [1.165, 1.54) is 7.11 Å². The first kappa shape index (κ1) is 13.3. The third kappa shape index (κ3) is 1.90. The molecule has 1 heterocycles. The molecule has 2 aromatic rings. The lowest BCUT2D eigenvalue weighted by Crippen LogP contribution is -2.13. The van der Waals surface area contributed by atoms with Crippen molar-refractivity contribution in [2.24, 2.45) is 0 Å². The first-order valence-electron chi connectivity index (χ1n) is 5.12. The molecule has 104 valence electrons. The van der Waals surface area contributed by atoms with E-state index in [1.54, 1.807) is 0 Å². The minimum absolute atomic E-state index is 0.0525. The number of aromatic hydroxyl groups is 1. The van der Waals surface area contributed by atoms with Crippen LogP contribution in [0.1, 0.15) is 10.4 Å². The van der Waals surface area contributed by atoms with Crippen LogP contribution in [-0.2, 0) is 0 Å². The van der Waals surface area contributed by atoms with Crippen molar-refractivity contribution in [3.63, 3.8) is 0 Å². The van der Waals surface area contributed by atoms with Gasteiger partial charge in [0.2, 0.25) is 11.3 Å². The summed E-state index contributed by atoms with van der Waals surface area (Å²) in [5, 5.41) is 29.4. The third-order valence-electron chi connectivity index (χ3n) is 2.57. The molecule has 0 aliphatic heterocycles. The van der Waals surface area contributed by atoms with E-state index in [2.05, 4.69) is 4.42 Å². The summed E-state index contributed by atoms with van der Waals surface area (Å²) in [6.45, 7) is 0. The Bertz CT molecular complexity index is 791. The van der Waals surface area contributed by atoms with Crippen molar-refractivity contribution in [2.75, 3.05) is 7.11 Å². The van der Waals surface area contributed by atoms with Gasteiger partial charge in [0, 0.05) is 5.39 Å². The molecule has 0 atom stereocenters. The van der Waals surface area contributed by atoms with Gasteiger partial charge in [0.05, 0.1) is 12.0 Å². The summed E-state index contributed by atoms with van der Waals surface area (Å²) in [4.78, 5) is 32.3. The number of phenolic OH excluding ortho intramolecular Hbond substituents is 1. The van der Waals surface area contributed by atoms with Gasteiger partial charge in [0.15, 0.2) is 5.75 Å². The number of phenols is 1. The molecule has 9 heteroatoms. The number of hydrogen-bond donors (Lipinski definition) is 2. The minimum Gasteiger partial charge on any atom is -0.499 e. The molecule has 1 aromatic heterocycles. The smallest absolute Gasteiger partial charge is 0.357 e. The van der Waals surface area contributed by atoms with Crippen molar-refractivity contribution in [1.29, 1.82) is 0 Å². The molecule has 2 N–H and O–H groups in total. The Kier molecular flexibility index (Phi) is 3.02. The maximum Gasteiger partial charge on any atom is 0.357 e. The summed E-state index contributed by atoms with van der Waals surface area (Å²) in [7, 11) is 1.17. The molecule has 2 rings (SSSR count). The molecule has 0 unspecified atom stereocenters. The van der Waals surface area contributed by atoms with Gasteiger partial charge in [-0.15, -0.1) is 0 Å². The quantitative estimate of drug-likeness (QED) is 0.484. The van der Waals surface area contributed by atoms with Crippen molar-refractivity contribution >= 4 is 22.6 Å². The zero-order valence-electron chi connectivity index (χ0n) is 9.95. The number of nitrogens with zero attached hydrogens (tertiary/aromatic N) is 1. The van der Waals surface area contributed by atoms with Crippen LogP contribution >= 0.6 is 0 Å². The highest BCUT2D eigenvalue weighted by Crippen LogP contribution is 2.41. The molecule has 0 saturated heterocycles. The lowest BCUT2D eigenvalue weighted by atomic mass is 10.1.